The minimum atomic E-state index is 0.447. The van der Waals surface area contributed by atoms with Gasteiger partial charge in [0.25, 0.3) is 0 Å². The lowest BCUT2D eigenvalue weighted by atomic mass is 10.1. The molecule has 0 aliphatic rings. The van der Waals surface area contributed by atoms with Crippen molar-refractivity contribution in [3.63, 3.8) is 0 Å². The highest BCUT2D eigenvalue weighted by Gasteiger charge is 2.08. The Labute approximate surface area is 80.4 Å². The summed E-state index contributed by atoms with van der Waals surface area (Å²) in [4.78, 5) is 2.17. The van der Waals surface area contributed by atoms with Gasteiger partial charge in [-0.15, -0.1) is 0 Å². The zero-order valence-electron chi connectivity index (χ0n) is 8.40. The molecule has 1 atom stereocenters. The molecule has 0 saturated heterocycles. The Kier molecular flexibility index (Phi) is 3.93. The normalized spacial score (nSPS) is 13.2. The largest absolute Gasteiger partial charge is 0.329 e. The average molecular weight is 178 g/mol. The maximum absolute atomic E-state index is 5.68. The average Bonchev–Trinajstić information content (AvgIpc) is 2.15. The van der Waals surface area contributed by atoms with Gasteiger partial charge in [-0.3, -0.25) is 0 Å². The molecular weight excluding hydrogens is 160 g/mol. The van der Waals surface area contributed by atoms with Crippen LogP contribution in [0.3, 0.4) is 0 Å². The Morgan fingerprint density at radius 2 is 1.85 bits per heavy atom. The lowest BCUT2D eigenvalue weighted by Gasteiger charge is -2.22. The number of nitrogens with zero attached hydrogens (tertiary/aromatic N) is 1. The fraction of sp³-hybridized carbons (Fsp3) is 0.455. The molecule has 13 heavy (non-hydrogen) atoms. The SMILES string of the molecule is CN(C)[C@H](CN)Cc1ccccc1. The van der Waals surface area contributed by atoms with E-state index >= 15 is 0 Å². The lowest BCUT2D eigenvalue weighted by Crippen LogP contribution is -2.36. The number of hydrogen-bond donors (Lipinski definition) is 1. The molecule has 1 aromatic rings. The molecule has 72 valence electrons. The number of likely N-dealkylation sites (N-methyl/N-ethyl adjacent to an activating group) is 1. The summed E-state index contributed by atoms with van der Waals surface area (Å²) in [5.41, 5.74) is 7.03. The monoisotopic (exact) mass is 178 g/mol. The van der Waals surface area contributed by atoms with E-state index < -0.39 is 0 Å². The molecule has 0 amide bonds. The van der Waals surface area contributed by atoms with Crippen LogP contribution < -0.4 is 5.73 Å². The molecule has 0 aromatic heterocycles. The minimum Gasteiger partial charge on any atom is -0.329 e. The topological polar surface area (TPSA) is 29.3 Å². The van der Waals surface area contributed by atoms with Gasteiger partial charge in [-0.25, -0.2) is 0 Å². The molecule has 0 bridgehead atoms. The van der Waals surface area contributed by atoms with Gasteiger partial charge in [-0.2, -0.15) is 0 Å². The van der Waals surface area contributed by atoms with Crippen LogP contribution in [0, 0.1) is 0 Å². The Bertz CT molecular complexity index is 231. The first kappa shape index (κ1) is 10.2. The summed E-state index contributed by atoms with van der Waals surface area (Å²) in [5.74, 6) is 0. The molecule has 0 spiro atoms. The van der Waals surface area contributed by atoms with Crippen molar-refractivity contribution in [2.75, 3.05) is 20.6 Å². The molecule has 0 saturated carbocycles. The van der Waals surface area contributed by atoms with Crippen molar-refractivity contribution in [2.24, 2.45) is 5.73 Å². The second-order valence-electron chi connectivity index (χ2n) is 3.54. The van der Waals surface area contributed by atoms with Crippen LogP contribution in [0.5, 0.6) is 0 Å². The van der Waals surface area contributed by atoms with Crippen LogP contribution in [0.4, 0.5) is 0 Å². The zero-order valence-corrected chi connectivity index (χ0v) is 8.40. The van der Waals surface area contributed by atoms with Crippen molar-refractivity contribution in [3.05, 3.63) is 35.9 Å². The first-order chi connectivity index (χ1) is 6.24. The smallest absolute Gasteiger partial charge is 0.0252 e. The number of nitrogens with two attached hydrogens (primary N) is 1. The van der Waals surface area contributed by atoms with Gasteiger partial charge in [0, 0.05) is 12.6 Å². The lowest BCUT2D eigenvalue weighted by molar-refractivity contribution is 0.298. The molecular formula is C11H18N2. The molecule has 0 unspecified atom stereocenters. The number of benzene rings is 1. The molecule has 2 heteroatoms. The van der Waals surface area contributed by atoms with Gasteiger partial charge in [0.15, 0.2) is 0 Å². The summed E-state index contributed by atoms with van der Waals surface area (Å²) in [6.07, 6.45) is 1.03. The third-order valence-electron chi connectivity index (χ3n) is 2.32. The first-order valence-corrected chi connectivity index (χ1v) is 4.64. The fourth-order valence-corrected chi connectivity index (χ4v) is 1.36. The zero-order chi connectivity index (χ0) is 9.68. The van der Waals surface area contributed by atoms with Gasteiger partial charge in [0.1, 0.15) is 0 Å². The van der Waals surface area contributed by atoms with Crippen LogP contribution in [0.2, 0.25) is 0 Å². The predicted octanol–water partition coefficient (Wildman–Crippen LogP) is 1.12. The van der Waals surface area contributed by atoms with Crippen LogP contribution in [-0.4, -0.2) is 31.6 Å². The van der Waals surface area contributed by atoms with Gasteiger partial charge in [0.2, 0.25) is 0 Å². The maximum atomic E-state index is 5.68. The van der Waals surface area contributed by atoms with Crippen molar-refractivity contribution in [1.82, 2.24) is 4.90 Å². The van der Waals surface area contributed by atoms with Gasteiger partial charge >= 0.3 is 0 Å². The van der Waals surface area contributed by atoms with E-state index in [9.17, 15) is 0 Å². The Balaban J connectivity index is 2.57. The van der Waals surface area contributed by atoms with Crippen molar-refractivity contribution < 1.29 is 0 Å². The first-order valence-electron chi connectivity index (χ1n) is 4.64. The van der Waals surface area contributed by atoms with Crippen LogP contribution in [0.25, 0.3) is 0 Å². The quantitative estimate of drug-likeness (QED) is 0.748. The van der Waals surface area contributed by atoms with Gasteiger partial charge in [-0.05, 0) is 26.1 Å². The van der Waals surface area contributed by atoms with Crippen molar-refractivity contribution in [1.29, 1.82) is 0 Å². The molecule has 2 nitrogen and oxygen atoms in total. The summed E-state index contributed by atoms with van der Waals surface area (Å²) in [6.45, 7) is 0.710. The predicted molar refractivity (Wildman–Crippen MR) is 56.7 cm³/mol. The van der Waals surface area contributed by atoms with Crippen LogP contribution >= 0.6 is 0 Å². The second-order valence-corrected chi connectivity index (χ2v) is 3.54. The van der Waals surface area contributed by atoms with Crippen molar-refractivity contribution in [3.8, 4) is 0 Å². The van der Waals surface area contributed by atoms with E-state index in [0.29, 0.717) is 12.6 Å². The van der Waals surface area contributed by atoms with Gasteiger partial charge < -0.3 is 10.6 Å². The van der Waals surface area contributed by atoms with E-state index in [0.717, 1.165) is 6.42 Å². The van der Waals surface area contributed by atoms with E-state index in [1.165, 1.54) is 5.56 Å². The summed E-state index contributed by atoms with van der Waals surface area (Å²) in [5, 5.41) is 0. The molecule has 0 aliphatic carbocycles. The Morgan fingerprint density at radius 1 is 1.23 bits per heavy atom. The van der Waals surface area contributed by atoms with Gasteiger partial charge in [0.05, 0.1) is 0 Å². The van der Waals surface area contributed by atoms with Crippen molar-refractivity contribution in [2.45, 2.75) is 12.5 Å². The van der Waals surface area contributed by atoms with E-state index in [4.69, 9.17) is 5.73 Å². The summed E-state index contributed by atoms with van der Waals surface area (Å²) in [6, 6.07) is 10.9. The Hall–Kier alpha value is -0.860. The molecule has 1 rings (SSSR count). The summed E-state index contributed by atoms with van der Waals surface area (Å²) in [7, 11) is 4.14. The highest BCUT2D eigenvalue weighted by Crippen LogP contribution is 2.05. The third kappa shape index (κ3) is 3.17. The molecule has 0 radical (unpaired) electrons. The van der Waals surface area contributed by atoms with Crippen LogP contribution in [0.15, 0.2) is 30.3 Å². The molecule has 0 aliphatic heterocycles. The fourth-order valence-electron chi connectivity index (χ4n) is 1.36. The van der Waals surface area contributed by atoms with E-state index in [1.807, 2.05) is 6.07 Å². The van der Waals surface area contributed by atoms with E-state index in [-0.39, 0.29) is 0 Å². The van der Waals surface area contributed by atoms with E-state index in [1.54, 1.807) is 0 Å². The Morgan fingerprint density at radius 3 is 2.31 bits per heavy atom. The van der Waals surface area contributed by atoms with Crippen LogP contribution in [0.1, 0.15) is 5.56 Å². The minimum absolute atomic E-state index is 0.447. The highest BCUT2D eigenvalue weighted by atomic mass is 15.1. The third-order valence-corrected chi connectivity index (χ3v) is 2.32. The van der Waals surface area contributed by atoms with E-state index in [2.05, 4.69) is 43.3 Å². The molecule has 0 heterocycles. The van der Waals surface area contributed by atoms with Gasteiger partial charge in [-0.1, -0.05) is 30.3 Å². The summed E-state index contributed by atoms with van der Waals surface area (Å²) >= 11 is 0. The highest BCUT2D eigenvalue weighted by molar-refractivity contribution is 5.15. The van der Waals surface area contributed by atoms with Crippen LogP contribution in [-0.2, 0) is 6.42 Å². The van der Waals surface area contributed by atoms with Crippen molar-refractivity contribution >= 4 is 0 Å². The maximum Gasteiger partial charge on any atom is 0.0252 e. The molecule has 2 N–H and O–H groups in total. The molecule has 1 aromatic carbocycles. The summed E-state index contributed by atoms with van der Waals surface area (Å²) < 4.78 is 0. The second kappa shape index (κ2) is 5.00. The number of rotatable bonds is 4. The molecule has 0 fully saturated rings. The standard InChI is InChI=1S/C11H18N2/c1-13(2)11(9-12)8-10-6-4-3-5-7-10/h3-7,11H,8-9,12H2,1-2H3/t11-/m0/s1. The number of hydrogen-bond acceptors (Lipinski definition) is 2.